The molecule has 2 aliphatic heterocycles. The van der Waals surface area contributed by atoms with E-state index in [4.69, 9.17) is 9.47 Å². The molecular weight excluding hydrogens is 240 g/mol. The number of ether oxygens (including phenoxy) is 2. The van der Waals surface area contributed by atoms with Crippen LogP contribution in [0.15, 0.2) is 0 Å². The highest BCUT2D eigenvalue weighted by Gasteiger charge is 2.46. The third-order valence-corrected chi connectivity index (χ3v) is 5.37. The molecule has 2 heterocycles. The Morgan fingerprint density at radius 2 is 1.74 bits per heavy atom. The van der Waals surface area contributed by atoms with Crippen molar-refractivity contribution >= 4 is 5.78 Å². The molecule has 0 aromatic rings. The Labute approximate surface area is 116 Å². The molecule has 2 unspecified atom stereocenters. The van der Waals surface area contributed by atoms with Gasteiger partial charge in [0.05, 0.1) is 5.60 Å². The van der Waals surface area contributed by atoms with E-state index in [1.807, 2.05) is 6.92 Å². The maximum Gasteiger partial charge on any atom is 0.167 e. The van der Waals surface area contributed by atoms with Gasteiger partial charge in [0.2, 0.25) is 0 Å². The van der Waals surface area contributed by atoms with Crippen LogP contribution in [0.1, 0.15) is 64.7 Å². The van der Waals surface area contributed by atoms with Crippen molar-refractivity contribution in [1.29, 1.82) is 0 Å². The van der Waals surface area contributed by atoms with E-state index >= 15 is 0 Å². The molecule has 0 aromatic heterocycles. The Morgan fingerprint density at radius 3 is 2.42 bits per heavy atom. The summed E-state index contributed by atoms with van der Waals surface area (Å²) >= 11 is 0. The molecule has 2 saturated heterocycles. The second kappa shape index (κ2) is 5.17. The standard InChI is InChI=1S/C16H26O3/c1-15(7-4-5-10-18-15)14(17)13-6-11-19-16(12-13)8-2-3-9-16/h13H,2-12H2,1H3. The van der Waals surface area contributed by atoms with Crippen molar-refractivity contribution in [1.82, 2.24) is 0 Å². The van der Waals surface area contributed by atoms with Crippen LogP contribution in [0.25, 0.3) is 0 Å². The molecular formula is C16H26O3. The van der Waals surface area contributed by atoms with Crippen LogP contribution in [0.4, 0.5) is 0 Å². The summed E-state index contributed by atoms with van der Waals surface area (Å²) in [5, 5.41) is 0. The summed E-state index contributed by atoms with van der Waals surface area (Å²) < 4.78 is 11.9. The molecule has 3 rings (SSSR count). The van der Waals surface area contributed by atoms with E-state index in [0.29, 0.717) is 5.78 Å². The van der Waals surface area contributed by atoms with Crippen LogP contribution in [0.5, 0.6) is 0 Å². The number of Topliss-reactive ketones (excluding diaryl/α,β-unsaturated/α-hetero) is 1. The molecule has 108 valence electrons. The highest BCUT2D eigenvalue weighted by atomic mass is 16.5. The van der Waals surface area contributed by atoms with Gasteiger partial charge in [0.25, 0.3) is 0 Å². The Kier molecular flexibility index (Phi) is 3.69. The van der Waals surface area contributed by atoms with Crippen molar-refractivity contribution in [2.45, 2.75) is 75.9 Å². The van der Waals surface area contributed by atoms with Crippen molar-refractivity contribution in [3.63, 3.8) is 0 Å². The van der Waals surface area contributed by atoms with Crippen LogP contribution >= 0.6 is 0 Å². The molecule has 1 aliphatic carbocycles. The Balaban J connectivity index is 1.69. The first-order valence-corrected chi connectivity index (χ1v) is 7.96. The zero-order chi connectivity index (χ0) is 13.3. The van der Waals surface area contributed by atoms with Gasteiger partial charge in [-0.1, -0.05) is 12.8 Å². The molecule has 1 spiro atoms. The van der Waals surface area contributed by atoms with E-state index in [0.717, 1.165) is 58.2 Å². The lowest BCUT2D eigenvalue weighted by atomic mass is 9.76. The van der Waals surface area contributed by atoms with Crippen LogP contribution in [-0.2, 0) is 14.3 Å². The molecule has 0 amide bonds. The Hall–Kier alpha value is -0.410. The first kappa shape index (κ1) is 13.6. The molecule has 1 saturated carbocycles. The zero-order valence-corrected chi connectivity index (χ0v) is 12.1. The first-order chi connectivity index (χ1) is 9.14. The molecule has 0 N–H and O–H groups in total. The predicted molar refractivity (Wildman–Crippen MR) is 73.1 cm³/mol. The van der Waals surface area contributed by atoms with Gasteiger partial charge in [-0.15, -0.1) is 0 Å². The van der Waals surface area contributed by atoms with E-state index in [1.165, 1.54) is 12.8 Å². The third-order valence-electron chi connectivity index (χ3n) is 5.37. The molecule has 2 atom stereocenters. The van der Waals surface area contributed by atoms with Gasteiger partial charge in [-0.25, -0.2) is 0 Å². The number of ketones is 1. The molecule has 0 aromatic carbocycles. The van der Waals surface area contributed by atoms with Crippen molar-refractivity contribution in [3.8, 4) is 0 Å². The van der Waals surface area contributed by atoms with Gasteiger partial charge in [0.1, 0.15) is 5.60 Å². The molecule has 0 bridgehead atoms. The summed E-state index contributed by atoms with van der Waals surface area (Å²) in [5.74, 6) is 0.511. The van der Waals surface area contributed by atoms with Crippen molar-refractivity contribution in [3.05, 3.63) is 0 Å². The summed E-state index contributed by atoms with van der Waals surface area (Å²) in [6.45, 7) is 3.51. The monoisotopic (exact) mass is 266 g/mol. The summed E-state index contributed by atoms with van der Waals surface area (Å²) in [5.41, 5.74) is -0.482. The average molecular weight is 266 g/mol. The van der Waals surface area contributed by atoms with Gasteiger partial charge in [-0.2, -0.15) is 0 Å². The van der Waals surface area contributed by atoms with E-state index < -0.39 is 5.60 Å². The third kappa shape index (κ3) is 2.59. The average Bonchev–Trinajstić information content (AvgIpc) is 2.87. The maximum atomic E-state index is 12.8. The summed E-state index contributed by atoms with van der Waals surface area (Å²) in [4.78, 5) is 12.8. The van der Waals surface area contributed by atoms with E-state index in [9.17, 15) is 4.79 Å². The fourth-order valence-electron chi connectivity index (χ4n) is 4.18. The lowest BCUT2D eigenvalue weighted by molar-refractivity contribution is -0.162. The zero-order valence-electron chi connectivity index (χ0n) is 12.1. The number of hydrogen-bond donors (Lipinski definition) is 0. The fraction of sp³-hybridized carbons (Fsp3) is 0.938. The first-order valence-electron chi connectivity index (χ1n) is 7.96. The van der Waals surface area contributed by atoms with Crippen molar-refractivity contribution < 1.29 is 14.3 Å². The number of carbonyl (C=O) groups excluding carboxylic acids is 1. The predicted octanol–water partition coefficient (Wildman–Crippen LogP) is 3.25. The lowest BCUT2D eigenvalue weighted by Crippen LogP contribution is -2.49. The molecule has 19 heavy (non-hydrogen) atoms. The minimum absolute atomic E-state index is 0.0314. The van der Waals surface area contributed by atoms with Crippen LogP contribution in [-0.4, -0.2) is 30.2 Å². The van der Waals surface area contributed by atoms with Gasteiger partial charge < -0.3 is 9.47 Å². The van der Waals surface area contributed by atoms with Gasteiger partial charge in [-0.05, 0) is 51.9 Å². The van der Waals surface area contributed by atoms with Crippen LogP contribution in [0.3, 0.4) is 0 Å². The Bertz CT molecular complexity index is 338. The van der Waals surface area contributed by atoms with Gasteiger partial charge in [0, 0.05) is 19.1 Å². The second-order valence-electron chi connectivity index (χ2n) is 6.83. The van der Waals surface area contributed by atoms with E-state index in [2.05, 4.69) is 0 Å². The van der Waals surface area contributed by atoms with Crippen molar-refractivity contribution in [2.75, 3.05) is 13.2 Å². The minimum atomic E-state index is -0.514. The van der Waals surface area contributed by atoms with Crippen LogP contribution in [0, 0.1) is 5.92 Å². The molecule has 3 nitrogen and oxygen atoms in total. The quantitative estimate of drug-likeness (QED) is 0.769. The van der Waals surface area contributed by atoms with Crippen molar-refractivity contribution in [2.24, 2.45) is 5.92 Å². The number of hydrogen-bond acceptors (Lipinski definition) is 3. The van der Waals surface area contributed by atoms with Crippen LogP contribution < -0.4 is 0 Å². The molecule has 3 fully saturated rings. The summed E-state index contributed by atoms with van der Waals surface area (Å²) in [7, 11) is 0. The lowest BCUT2D eigenvalue weighted by Gasteiger charge is -2.41. The van der Waals surface area contributed by atoms with E-state index in [1.54, 1.807) is 0 Å². The van der Waals surface area contributed by atoms with Gasteiger partial charge in [0.15, 0.2) is 5.78 Å². The highest BCUT2D eigenvalue weighted by molar-refractivity contribution is 5.89. The van der Waals surface area contributed by atoms with Crippen LogP contribution in [0.2, 0.25) is 0 Å². The second-order valence-corrected chi connectivity index (χ2v) is 6.83. The molecule has 0 radical (unpaired) electrons. The fourth-order valence-corrected chi connectivity index (χ4v) is 4.18. The maximum absolute atomic E-state index is 12.8. The smallest absolute Gasteiger partial charge is 0.167 e. The van der Waals surface area contributed by atoms with Gasteiger partial charge >= 0.3 is 0 Å². The number of rotatable bonds is 2. The van der Waals surface area contributed by atoms with Gasteiger partial charge in [-0.3, -0.25) is 4.79 Å². The SMILES string of the molecule is CC1(C(=O)C2CCOC3(CCCC3)C2)CCCCO1. The summed E-state index contributed by atoms with van der Waals surface area (Å²) in [6.07, 6.45) is 9.75. The highest BCUT2D eigenvalue weighted by Crippen LogP contribution is 2.44. The topological polar surface area (TPSA) is 35.5 Å². The molecule has 3 aliphatic rings. The normalized spacial score (nSPS) is 38.5. The van der Waals surface area contributed by atoms with E-state index in [-0.39, 0.29) is 11.5 Å². The molecule has 3 heteroatoms. The number of carbonyl (C=O) groups is 1. The minimum Gasteiger partial charge on any atom is -0.375 e. The summed E-state index contributed by atoms with van der Waals surface area (Å²) in [6, 6.07) is 0. The Morgan fingerprint density at radius 1 is 1.00 bits per heavy atom. The largest absolute Gasteiger partial charge is 0.375 e.